The zero-order chi connectivity index (χ0) is 16.1. The van der Waals surface area contributed by atoms with Crippen LogP contribution in [0, 0.1) is 11.8 Å². The van der Waals surface area contributed by atoms with E-state index in [-0.39, 0.29) is 0 Å². The van der Waals surface area contributed by atoms with E-state index < -0.39 is 0 Å². The molecular weight excluding hydrogens is 286 g/mol. The first-order chi connectivity index (χ1) is 11.3. The summed E-state index contributed by atoms with van der Waals surface area (Å²) in [6, 6.07) is 0. The highest BCUT2D eigenvalue weighted by molar-refractivity contribution is 5.76. The lowest BCUT2D eigenvalue weighted by molar-refractivity contribution is -0.133. The molecule has 1 aliphatic heterocycles. The Morgan fingerprint density at radius 1 is 1.13 bits per heavy atom. The molecule has 0 radical (unpaired) electrons. The molecule has 0 aromatic carbocycles. The van der Waals surface area contributed by atoms with Gasteiger partial charge in [0.2, 0.25) is 5.91 Å². The Bertz CT molecular complexity index is 496. The van der Waals surface area contributed by atoms with Gasteiger partial charge < -0.3 is 9.47 Å². The van der Waals surface area contributed by atoms with Gasteiger partial charge in [-0.3, -0.25) is 4.79 Å². The standard InChI is InChI=1S/C19H31N3O/c1-2-18-20-10-13-22(18)15-17-8-11-21(12-9-17)19(23)14-16-6-4-3-5-7-16/h10,13,16-17H,2-9,11-12,14-15H2,1H3. The zero-order valence-corrected chi connectivity index (χ0v) is 14.5. The summed E-state index contributed by atoms with van der Waals surface area (Å²) in [5.74, 6) is 2.94. The summed E-state index contributed by atoms with van der Waals surface area (Å²) in [5.41, 5.74) is 0. The van der Waals surface area contributed by atoms with E-state index in [1.165, 1.54) is 37.9 Å². The van der Waals surface area contributed by atoms with Gasteiger partial charge in [0, 0.05) is 44.9 Å². The molecule has 0 bridgehead atoms. The van der Waals surface area contributed by atoms with Crippen LogP contribution in [0.2, 0.25) is 0 Å². The minimum atomic E-state index is 0.409. The fourth-order valence-corrected chi connectivity index (χ4v) is 4.23. The smallest absolute Gasteiger partial charge is 0.222 e. The molecule has 4 nitrogen and oxygen atoms in total. The number of rotatable bonds is 5. The SMILES string of the molecule is CCc1nccn1CC1CCN(C(=O)CC2CCCCC2)CC1. The molecule has 0 unspecified atom stereocenters. The third kappa shape index (κ3) is 4.36. The number of hydrogen-bond donors (Lipinski definition) is 0. The summed E-state index contributed by atoms with van der Waals surface area (Å²) in [5, 5.41) is 0. The van der Waals surface area contributed by atoms with Crippen LogP contribution in [-0.4, -0.2) is 33.4 Å². The van der Waals surface area contributed by atoms with Gasteiger partial charge >= 0.3 is 0 Å². The quantitative estimate of drug-likeness (QED) is 0.831. The molecule has 0 spiro atoms. The van der Waals surface area contributed by atoms with Crippen molar-refractivity contribution in [2.24, 2.45) is 11.8 Å². The number of imidazole rings is 1. The lowest BCUT2D eigenvalue weighted by Crippen LogP contribution is -2.40. The van der Waals surface area contributed by atoms with Crippen molar-refractivity contribution < 1.29 is 4.79 Å². The number of hydrogen-bond acceptors (Lipinski definition) is 2. The lowest BCUT2D eigenvalue weighted by atomic mass is 9.86. The van der Waals surface area contributed by atoms with Gasteiger partial charge in [0.25, 0.3) is 0 Å². The Balaban J connectivity index is 1.43. The summed E-state index contributed by atoms with van der Waals surface area (Å²) in [4.78, 5) is 19.0. The summed E-state index contributed by atoms with van der Waals surface area (Å²) >= 11 is 0. The monoisotopic (exact) mass is 317 g/mol. The van der Waals surface area contributed by atoms with Crippen LogP contribution in [-0.2, 0) is 17.8 Å². The molecule has 1 aromatic heterocycles. The zero-order valence-electron chi connectivity index (χ0n) is 14.5. The van der Waals surface area contributed by atoms with E-state index >= 15 is 0 Å². The second-order valence-electron chi connectivity index (χ2n) is 7.38. The Hall–Kier alpha value is -1.32. The fraction of sp³-hybridized carbons (Fsp3) is 0.789. The molecule has 4 heteroatoms. The average molecular weight is 317 g/mol. The van der Waals surface area contributed by atoms with Gasteiger partial charge in [-0.15, -0.1) is 0 Å². The molecule has 1 saturated heterocycles. The molecule has 0 atom stereocenters. The molecule has 2 fully saturated rings. The van der Waals surface area contributed by atoms with Crippen LogP contribution in [0.5, 0.6) is 0 Å². The Kier molecular flexibility index (Phi) is 5.74. The van der Waals surface area contributed by atoms with Crippen molar-refractivity contribution in [3.8, 4) is 0 Å². The molecule has 1 amide bonds. The maximum absolute atomic E-state index is 12.5. The van der Waals surface area contributed by atoms with Gasteiger partial charge in [-0.2, -0.15) is 0 Å². The molecule has 2 heterocycles. The number of likely N-dealkylation sites (tertiary alicyclic amines) is 1. The minimum absolute atomic E-state index is 0.409. The summed E-state index contributed by atoms with van der Waals surface area (Å²) in [7, 11) is 0. The summed E-state index contributed by atoms with van der Waals surface area (Å²) < 4.78 is 2.30. The first kappa shape index (κ1) is 16.5. The molecule has 1 saturated carbocycles. The molecule has 0 N–H and O–H groups in total. The molecule has 128 valence electrons. The fourth-order valence-electron chi connectivity index (χ4n) is 4.23. The lowest BCUT2D eigenvalue weighted by Gasteiger charge is -2.33. The van der Waals surface area contributed by atoms with Crippen molar-refractivity contribution in [2.45, 2.75) is 71.3 Å². The largest absolute Gasteiger partial charge is 0.343 e. The van der Waals surface area contributed by atoms with Crippen molar-refractivity contribution in [1.29, 1.82) is 0 Å². The van der Waals surface area contributed by atoms with Crippen molar-refractivity contribution in [3.63, 3.8) is 0 Å². The molecular formula is C19H31N3O. The Morgan fingerprint density at radius 3 is 2.57 bits per heavy atom. The van der Waals surface area contributed by atoms with Crippen LogP contribution in [0.15, 0.2) is 12.4 Å². The molecule has 2 aliphatic rings. The van der Waals surface area contributed by atoms with E-state index in [1.54, 1.807) is 0 Å². The second-order valence-corrected chi connectivity index (χ2v) is 7.38. The van der Waals surface area contributed by atoms with Crippen LogP contribution >= 0.6 is 0 Å². The Morgan fingerprint density at radius 2 is 1.87 bits per heavy atom. The Labute approximate surface area is 140 Å². The van der Waals surface area contributed by atoms with E-state index in [9.17, 15) is 4.79 Å². The third-order valence-electron chi connectivity index (χ3n) is 5.73. The van der Waals surface area contributed by atoms with Gasteiger partial charge in [0.15, 0.2) is 0 Å². The highest BCUT2D eigenvalue weighted by atomic mass is 16.2. The second kappa shape index (κ2) is 7.98. The molecule has 1 aliphatic carbocycles. The van der Waals surface area contributed by atoms with E-state index in [4.69, 9.17) is 0 Å². The summed E-state index contributed by atoms with van der Waals surface area (Å²) in [6.07, 6.45) is 14.6. The number of amides is 1. The predicted molar refractivity (Wildman–Crippen MR) is 92.1 cm³/mol. The van der Waals surface area contributed by atoms with Gasteiger partial charge in [-0.25, -0.2) is 4.98 Å². The van der Waals surface area contributed by atoms with E-state index in [0.717, 1.165) is 45.3 Å². The minimum Gasteiger partial charge on any atom is -0.343 e. The van der Waals surface area contributed by atoms with Gasteiger partial charge in [0.1, 0.15) is 5.82 Å². The molecule has 1 aromatic rings. The van der Waals surface area contributed by atoms with Crippen molar-refractivity contribution in [1.82, 2.24) is 14.5 Å². The van der Waals surface area contributed by atoms with Gasteiger partial charge in [0.05, 0.1) is 0 Å². The highest BCUT2D eigenvalue weighted by Gasteiger charge is 2.25. The number of aromatic nitrogens is 2. The van der Waals surface area contributed by atoms with Crippen LogP contribution < -0.4 is 0 Å². The molecule has 23 heavy (non-hydrogen) atoms. The topological polar surface area (TPSA) is 38.1 Å². The highest BCUT2D eigenvalue weighted by Crippen LogP contribution is 2.28. The number of nitrogens with zero attached hydrogens (tertiary/aromatic N) is 3. The first-order valence-corrected chi connectivity index (χ1v) is 9.54. The van der Waals surface area contributed by atoms with Crippen LogP contribution in [0.25, 0.3) is 0 Å². The number of aryl methyl sites for hydroxylation is 1. The van der Waals surface area contributed by atoms with Gasteiger partial charge in [-0.05, 0) is 37.5 Å². The van der Waals surface area contributed by atoms with Crippen LogP contribution in [0.1, 0.15) is 64.1 Å². The van der Waals surface area contributed by atoms with Crippen molar-refractivity contribution in [3.05, 3.63) is 18.2 Å². The van der Waals surface area contributed by atoms with Crippen molar-refractivity contribution >= 4 is 5.91 Å². The van der Waals surface area contributed by atoms with E-state index in [1.807, 2.05) is 6.20 Å². The van der Waals surface area contributed by atoms with E-state index in [2.05, 4.69) is 27.6 Å². The third-order valence-corrected chi connectivity index (χ3v) is 5.73. The number of carbonyl (C=O) groups is 1. The maximum Gasteiger partial charge on any atom is 0.222 e. The van der Waals surface area contributed by atoms with Crippen molar-refractivity contribution in [2.75, 3.05) is 13.1 Å². The van der Waals surface area contributed by atoms with Gasteiger partial charge in [-0.1, -0.05) is 26.2 Å². The maximum atomic E-state index is 12.5. The average Bonchev–Trinajstić information content (AvgIpc) is 3.03. The number of piperidine rings is 1. The van der Waals surface area contributed by atoms with E-state index in [0.29, 0.717) is 17.7 Å². The van der Waals surface area contributed by atoms with Crippen LogP contribution in [0.3, 0.4) is 0 Å². The first-order valence-electron chi connectivity index (χ1n) is 9.54. The normalized spacial score (nSPS) is 20.8. The summed E-state index contributed by atoms with van der Waals surface area (Å²) in [6.45, 7) is 5.12. The molecule has 3 rings (SSSR count). The number of carbonyl (C=O) groups excluding carboxylic acids is 1. The van der Waals surface area contributed by atoms with Crippen LogP contribution in [0.4, 0.5) is 0 Å². The predicted octanol–water partition coefficient (Wildman–Crippen LogP) is 3.65.